The van der Waals surface area contributed by atoms with E-state index in [0.717, 1.165) is 25.9 Å². The molecule has 1 N–H and O–H groups in total. The van der Waals surface area contributed by atoms with Crippen LogP contribution < -0.4 is 9.47 Å². The number of aliphatic hydroxyl groups excluding tert-OH is 1. The fraction of sp³-hybridized carbons (Fsp3) is 0.615. The van der Waals surface area contributed by atoms with Gasteiger partial charge in [-0.25, -0.2) is 4.98 Å². The molecule has 0 radical (unpaired) electrons. The Morgan fingerprint density at radius 2 is 2.22 bits per heavy atom. The Morgan fingerprint density at radius 1 is 1.44 bits per heavy atom. The standard InChI is InChI=1S/C13H20N2O3/c1-15-7-4-11(5-8-15)18-13-12(17-10-9-16)3-2-6-14-13/h2-3,6,11,16H,4-5,7-10H2,1H3. The molecular weight excluding hydrogens is 232 g/mol. The van der Waals surface area contributed by atoms with E-state index in [1.807, 2.05) is 6.07 Å². The molecule has 0 atom stereocenters. The molecule has 5 heteroatoms. The Kier molecular flexibility index (Phi) is 4.78. The lowest BCUT2D eigenvalue weighted by atomic mass is 10.1. The van der Waals surface area contributed by atoms with Crippen LogP contribution in [0.5, 0.6) is 11.6 Å². The van der Waals surface area contributed by atoms with Crippen LogP contribution in [0.25, 0.3) is 0 Å². The zero-order valence-electron chi connectivity index (χ0n) is 10.7. The summed E-state index contributed by atoms with van der Waals surface area (Å²) in [6.45, 7) is 2.34. The van der Waals surface area contributed by atoms with E-state index < -0.39 is 0 Å². The average Bonchev–Trinajstić information content (AvgIpc) is 2.40. The number of likely N-dealkylation sites (tertiary alicyclic amines) is 1. The van der Waals surface area contributed by atoms with Gasteiger partial charge in [0.2, 0.25) is 0 Å². The number of aromatic nitrogens is 1. The van der Waals surface area contributed by atoms with Crippen LogP contribution in [0, 0.1) is 0 Å². The number of hydrogen-bond donors (Lipinski definition) is 1. The van der Waals surface area contributed by atoms with Crippen molar-refractivity contribution in [3.05, 3.63) is 18.3 Å². The molecule has 5 nitrogen and oxygen atoms in total. The lowest BCUT2D eigenvalue weighted by Gasteiger charge is -2.29. The van der Waals surface area contributed by atoms with Crippen molar-refractivity contribution in [1.29, 1.82) is 0 Å². The third-order valence-electron chi connectivity index (χ3n) is 3.03. The minimum Gasteiger partial charge on any atom is -0.486 e. The second kappa shape index (κ2) is 6.56. The monoisotopic (exact) mass is 252 g/mol. The van der Waals surface area contributed by atoms with Gasteiger partial charge in [0.1, 0.15) is 12.7 Å². The Morgan fingerprint density at radius 3 is 2.94 bits per heavy atom. The van der Waals surface area contributed by atoms with Gasteiger partial charge in [0.15, 0.2) is 5.75 Å². The fourth-order valence-corrected chi connectivity index (χ4v) is 1.99. The number of pyridine rings is 1. The molecule has 1 aromatic heterocycles. The molecule has 0 aromatic carbocycles. The van der Waals surface area contributed by atoms with Crippen molar-refractivity contribution in [2.75, 3.05) is 33.4 Å². The number of piperidine rings is 1. The van der Waals surface area contributed by atoms with Gasteiger partial charge in [0.05, 0.1) is 6.61 Å². The first-order valence-electron chi connectivity index (χ1n) is 6.33. The van der Waals surface area contributed by atoms with Gasteiger partial charge in [0.25, 0.3) is 5.88 Å². The quantitative estimate of drug-likeness (QED) is 0.844. The van der Waals surface area contributed by atoms with Gasteiger partial charge in [-0.3, -0.25) is 0 Å². The molecule has 1 aromatic rings. The van der Waals surface area contributed by atoms with Gasteiger partial charge in [-0.05, 0) is 32.0 Å². The van der Waals surface area contributed by atoms with Crippen LogP contribution in [0.4, 0.5) is 0 Å². The van der Waals surface area contributed by atoms with Gasteiger partial charge < -0.3 is 19.5 Å². The molecule has 100 valence electrons. The largest absolute Gasteiger partial charge is 0.486 e. The molecular formula is C13H20N2O3. The van der Waals surface area contributed by atoms with Gasteiger partial charge in [0, 0.05) is 19.3 Å². The summed E-state index contributed by atoms with van der Waals surface area (Å²) in [5.41, 5.74) is 0. The van der Waals surface area contributed by atoms with Crippen LogP contribution in [0.3, 0.4) is 0 Å². The zero-order valence-corrected chi connectivity index (χ0v) is 10.7. The summed E-state index contributed by atoms with van der Waals surface area (Å²) in [6, 6.07) is 3.61. The predicted molar refractivity (Wildman–Crippen MR) is 68.0 cm³/mol. The maximum absolute atomic E-state index is 8.78. The number of nitrogens with zero attached hydrogens (tertiary/aromatic N) is 2. The lowest BCUT2D eigenvalue weighted by molar-refractivity contribution is 0.103. The number of aliphatic hydroxyl groups is 1. The third kappa shape index (κ3) is 3.58. The van der Waals surface area contributed by atoms with Crippen molar-refractivity contribution in [1.82, 2.24) is 9.88 Å². The number of rotatable bonds is 5. The van der Waals surface area contributed by atoms with Gasteiger partial charge in [-0.1, -0.05) is 0 Å². The number of ether oxygens (including phenoxy) is 2. The second-order valence-electron chi connectivity index (χ2n) is 4.50. The summed E-state index contributed by atoms with van der Waals surface area (Å²) >= 11 is 0. The van der Waals surface area contributed by atoms with E-state index in [9.17, 15) is 0 Å². The highest BCUT2D eigenvalue weighted by molar-refractivity contribution is 5.32. The van der Waals surface area contributed by atoms with E-state index in [-0.39, 0.29) is 19.3 Å². The number of hydrogen-bond acceptors (Lipinski definition) is 5. The van der Waals surface area contributed by atoms with Crippen LogP contribution in [-0.2, 0) is 0 Å². The van der Waals surface area contributed by atoms with Gasteiger partial charge in [-0.2, -0.15) is 0 Å². The summed E-state index contributed by atoms with van der Waals surface area (Å²) in [5, 5.41) is 8.78. The van der Waals surface area contributed by atoms with Crippen molar-refractivity contribution >= 4 is 0 Å². The zero-order chi connectivity index (χ0) is 12.8. The van der Waals surface area contributed by atoms with Crippen molar-refractivity contribution < 1.29 is 14.6 Å². The van der Waals surface area contributed by atoms with Gasteiger partial charge >= 0.3 is 0 Å². The molecule has 2 rings (SSSR count). The molecule has 1 aliphatic heterocycles. The smallest absolute Gasteiger partial charge is 0.257 e. The Bertz CT molecular complexity index is 365. The van der Waals surface area contributed by atoms with Crippen LogP contribution >= 0.6 is 0 Å². The van der Waals surface area contributed by atoms with Crippen molar-refractivity contribution in [3.63, 3.8) is 0 Å². The predicted octanol–water partition coefficient (Wildman–Crippen LogP) is 0.926. The molecule has 0 aliphatic carbocycles. The first kappa shape index (κ1) is 13.1. The van der Waals surface area contributed by atoms with E-state index in [1.165, 1.54) is 0 Å². The maximum atomic E-state index is 8.78. The molecule has 0 spiro atoms. The van der Waals surface area contributed by atoms with E-state index in [0.29, 0.717) is 11.6 Å². The minimum atomic E-state index is -0.0114. The summed E-state index contributed by atoms with van der Waals surface area (Å²) in [7, 11) is 2.12. The summed E-state index contributed by atoms with van der Waals surface area (Å²) in [4.78, 5) is 6.50. The normalized spacial score (nSPS) is 17.7. The van der Waals surface area contributed by atoms with Crippen molar-refractivity contribution in [3.8, 4) is 11.6 Å². The van der Waals surface area contributed by atoms with Crippen molar-refractivity contribution in [2.45, 2.75) is 18.9 Å². The molecule has 1 aliphatic rings. The highest BCUT2D eigenvalue weighted by atomic mass is 16.5. The van der Waals surface area contributed by atoms with Crippen LogP contribution in [0.15, 0.2) is 18.3 Å². The maximum Gasteiger partial charge on any atom is 0.257 e. The van der Waals surface area contributed by atoms with E-state index >= 15 is 0 Å². The molecule has 0 unspecified atom stereocenters. The SMILES string of the molecule is CN1CCC(Oc2ncccc2OCCO)CC1. The minimum absolute atomic E-state index is 0.0114. The molecule has 0 saturated carbocycles. The van der Waals surface area contributed by atoms with Crippen molar-refractivity contribution in [2.24, 2.45) is 0 Å². The van der Waals surface area contributed by atoms with E-state index in [4.69, 9.17) is 14.6 Å². The summed E-state index contributed by atoms with van der Waals surface area (Å²) in [5.74, 6) is 1.13. The Balaban J connectivity index is 1.95. The first-order chi connectivity index (χ1) is 8.79. The summed E-state index contributed by atoms with van der Waals surface area (Å²) < 4.78 is 11.3. The third-order valence-corrected chi connectivity index (χ3v) is 3.03. The topological polar surface area (TPSA) is 54.8 Å². The molecule has 2 heterocycles. The fourth-order valence-electron chi connectivity index (χ4n) is 1.99. The molecule has 1 saturated heterocycles. The summed E-state index contributed by atoms with van der Waals surface area (Å²) in [6.07, 6.45) is 3.90. The lowest BCUT2D eigenvalue weighted by Crippen LogP contribution is -2.35. The molecule has 0 amide bonds. The molecule has 1 fully saturated rings. The molecule has 0 bridgehead atoms. The van der Waals surface area contributed by atoms with E-state index in [1.54, 1.807) is 12.3 Å². The molecule has 18 heavy (non-hydrogen) atoms. The van der Waals surface area contributed by atoms with Crippen LogP contribution in [0.2, 0.25) is 0 Å². The van der Waals surface area contributed by atoms with Gasteiger partial charge in [-0.15, -0.1) is 0 Å². The first-order valence-corrected chi connectivity index (χ1v) is 6.33. The average molecular weight is 252 g/mol. The highest BCUT2D eigenvalue weighted by Gasteiger charge is 2.20. The van der Waals surface area contributed by atoms with Crippen LogP contribution in [0.1, 0.15) is 12.8 Å². The highest BCUT2D eigenvalue weighted by Crippen LogP contribution is 2.26. The van der Waals surface area contributed by atoms with E-state index in [2.05, 4.69) is 16.9 Å². The second-order valence-corrected chi connectivity index (χ2v) is 4.50. The Labute approximate surface area is 107 Å². The Hall–Kier alpha value is -1.33. The van der Waals surface area contributed by atoms with Crippen LogP contribution in [-0.4, -0.2) is 54.4 Å².